The molecular weight excluding hydrogens is 376 g/mol. The molecule has 1 aliphatic heterocycles. The van der Waals surface area contributed by atoms with E-state index in [2.05, 4.69) is 15.5 Å². The van der Waals surface area contributed by atoms with Crippen molar-refractivity contribution in [1.29, 1.82) is 0 Å². The number of nitrogens with zero attached hydrogens (tertiary/aromatic N) is 2. The number of aromatic amines is 1. The first-order valence-electron chi connectivity index (χ1n) is 8.45. The minimum atomic E-state index is -0.438. The molecule has 0 spiro atoms. The van der Waals surface area contributed by atoms with Crippen LogP contribution in [-0.2, 0) is 16.1 Å². The van der Waals surface area contributed by atoms with Crippen LogP contribution in [0.4, 0.5) is 5.69 Å². The Kier molecular flexibility index (Phi) is 6.05. The fourth-order valence-electron chi connectivity index (χ4n) is 2.74. The van der Waals surface area contributed by atoms with E-state index in [1.807, 2.05) is 6.92 Å². The zero-order valence-corrected chi connectivity index (χ0v) is 16.2. The molecule has 26 heavy (non-hydrogen) atoms. The average molecular weight is 397 g/mol. The Balaban J connectivity index is 1.67. The Morgan fingerprint density at radius 1 is 1.58 bits per heavy atom. The van der Waals surface area contributed by atoms with Crippen LogP contribution in [-0.4, -0.2) is 38.6 Å². The summed E-state index contributed by atoms with van der Waals surface area (Å²) in [6.45, 7) is 4.79. The minimum Gasteiger partial charge on any atom is -0.376 e. The van der Waals surface area contributed by atoms with Crippen molar-refractivity contribution in [3.63, 3.8) is 0 Å². The molecule has 0 radical (unpaired) electrons. The van der Waals surface area contributed by atoms with E-state index in [4.69, 9.17) is 16.3 Å². The lowest BCUT2D eigenvalue weighted by molar-refractivity contribution is -0.115. The van der Waals surface area contributed by atoms with Gasteiger partial charge in [0.15, 0.2) is 5.16 Å². The lowest BCUT2D eigenvalue weighted by Crippen LogP contribution is -2.27. The number of nitrogens with one attached hydrogen (secondary N) is 2. The van der Waals surface area contributed by atoms with Crippen molar-refractivity contribution < 1.29 is 9.53 Å². The molecule has 1 aromatic carbocycles. The molecule has 1 aromatic heterocycles. The molecule has 0 saturated carbocycles. The highest BCUT2D eigenvalue weighted by atomic mass is 35.5. The van der Waals surface area contributed by atoms with Crippen LogP contribution in [0.25, 0.3) is 0 Å². The van der Waals surface area contributed by atoms with Gasteiger partial charge in [0, 0.05) is 17.3 Å². The lowest BCUT2D eigenvalue weighted by atomic mass is 10.2. The van der Waals surface area contributed by atoms with Crippen LogP contribution in [0.5, 0.6) is 0 Å². The molecule has 1 fully saturated rings. The first kappa shape index (κ1) is 19.0. The van der Waals surface area contributed by atoms with Crippen LogP contribution in [0.2, 0.25) is 5.02 Å². The van der Waals surface area contributed by atoms with E-state index in [0.717, 1.165) is 25.0 Å². The first-order chi connectivity index (χ1) is 12.5. The molecular formula is C17H21ClN4O3S. The van der Waals surface area contributed by atoms with E-state index in [1.165, 1.54) is 16.3 Å². The second-order valence-corrected chi connectivity index (χ2v) is 7.93. The normalized spacial score (nSPS) is 18.0. The summed E-state index contributed by atoms with van der Waals surface area (Å²) in [4.78, 5) is 24.5. The van der Waals surface area contributed by atoms with Crippen LogP contribution in [0.15, 0.2) is 28.2 Å². The van der Waals surface area contributed by atoms with Gasteiger partial charge in [-0.1, -0.05) is 29.4 Å². The monoisotopic (exact) mass is 396 g/mol. The highest BCUT2D eigenvalue weighted by Crippen LogP contribution is 2.26. The van der Waals surface area contributed by atoms with Crippen molar-refractivity contribution in [1.82, 2.24) is 14.8 Å². The molecule has 9 heteroatoms. The molecule has 2 atom stereocenters. The van der Waals surface area contributed by atoms with Crippen LogP contribution < -0.4 is 11.0 Å². The van der Waals surface area contributed by atoms with Gasteiger partial charge in [-0.15, -0.1) is 5.10 Å². The van der Waals surface area contributed by atoms with E-state index in [1.54, 1.807) is 25.1 Å². The van der Waals surface area contributed by atoms with Crippen LogP contribution >= 0.6 is 23.4 Å². The van der Waals surface area contributed by atoms with E-state index < -0.39 is 5.25 Å². The molecule has 1 aliphatic rings. The van der Waals surface area contributed by atoms with Crippen molar-refractivity contribution in [2.45, 2.75) is 49.7 Å². The SMILES string of the molecule is Cc1c(Cl)cccc1NC(=O)[C@H](C)Sc1n[nH]c(=O)n1C[C@H]1CCCO1. The Morgan fingerprint density at radius 2 is 2.38 bits per heavy atom. The van der Waals surface area contributed by atoms with E-state index in [9.17, 15) is 9.59 Å². The number of halogens is 1. The van der Waals surface area contributed by atoms with Crippen molar-refractivity contribution in [2.24, 2.45) is 0 Å². The lowest BCUT2D eigenvalue weighted by Gasteiger charge is -2.15. The second-order valence-electron chi connectivity index (χ2n) is 6.22. The average Bonchev–Trinajstić information content (AvgIpc) is 3.24. The van der Waals surface area contributed by atoms with Crippen molar-refractivity contribution >= 4 is 35.0 Å². The molecule has 0 aliphatic carbocycles. The molecule has 2 heterocycles. The van der Waals surface area contributed by atoms with Gasteiger partial charge in [-0.05, 0) is 44.4 Å². The number of amides is 1. The number of H-pyrrole nitrogens is 1. The van der Waals surface area contributed by atoms with E-state index in [0.29, 0.717) is 22.4 Å². The Hall–Kier alpha value is -1.77. The van der Waals surface area contributed by atoms with E-state index >= 15 is 0 Å². The quantitative estimate of drug-likeness (QED) is 0.733. The molecule has 0 unspecified atom stereocenters. The van der Waals surface area contributed by atoms with Gasteiger partial charge < -0.3 is 10.1 Å². The maximum absolute atomic E-state index is 12.5. The summed E-state index contributed by atoms with van der Waals surface area (Å²) in [5.41, 5.74) is 1.20. The molecule has 140 valence electrons. The van der Waals surface area contributed by atoms with Gasteiger partial charge in [0.2, 0.25) is 5.91 Å². The summed E-state index contributed by atoms with van der Waals surface area (Å²) in [5.74, 6) is -0.181. The number of thioether (sulfide) groups is 1. The molecule has 2 aromatic rings. The fraction of sp³-hybridized carbons (Fsp3) is 0.471. The van der Waals surface area contributed by atoms with E-state index in [-0.39, 0.29) is 17.7 Å². The zero-order chi connectivity index (χ0) is 18.7. The number of hydrogen-bond donors (Lipinski definition) is 2. The molecule has 2 N–H and O–H groups in total. The molecule has 7 nitrogen and oxygen atoms in total. The topological polar surface area (TPSA) is 89.0 Å². The van der Waals surface area contributed by atoms with Gasteiger partial charge in [-0.25, -0.2) is 9.89 Å². The number of carbonyl (C=O) groups excluding carboxylic acids is 1. The number of anilines is 1. The molecule has 1 amide bonds. The zero-order valence-electron chi connectivity index (χ0n) is 14.6. The molecule has 0 bridgehead atoms. The van der Waals surface area contributed by atoms with Gasteiger partial charge in [0.05, 0.1) is 17.9 Å². The summed E-state index contributed by atoms with van der Waals surface area (Å²) >= 11 is 7.32. The fourth-order valence-corrected chi connectivity index (χ4v) is 3.77. The largest absolute Gasteiger partial charge is 0.376 e. The van der Waals surface area contributed by atoms with Crippen molar-refractivity contribution in [3.05, 3.63) is 39.3 Å². The summed E-state index contributed by atoms with van der Waals surface area (Å²) in [7, 11) is 0. The second kappa shape index (κ2) is 8.28. The molecule has 3 rings (SSSR count). The third kappa shape index (κ3) is 4.31. The predicted molar refractivity (Wildman–Crippen MR) is 102 cm³/mol. The third-order valence-corrected chi connectivity index (χ3v) is 5.81. The van der Waals surface area contributed by atoms with Gasteiger partial charge in [-0.3, -0.25) is 9.36 Å². The summed E-state index contributed by atoms with van der Waals surface area (Å²) in [5, 5.41) is 10.0. The summed E-state index contributed by atoms with van der Waals surface area (Å²) < 4.78 is 7.13. The number of rotatable bonds is 6. The van der Waals surface area contributed by atoms with Gasteiger partial charge in [0.25, 0.3) is 0 Å². The van der Waals surface area contributed by atoms with Crippen LogP contribution in [0.3, 0.4) is 0 Å². The minimum absolute atomic E-state index is 0.0166. The maximum atomic E-state index is 12.5. The smallest absolute Gasteiger partial charge is 0.344 e. The Bertz CT molecular complexity index is 845. The first-order valence-corrected chi connectivity index (χ1v) is 9.71. The molecule has 1 saturated heterocycles. The Morgan fingerprint density at radius 3 is 3.12 bits per heavy atom. The highest BCUT2D eigenvalue weighted by Gasteiger charge is 2.23. The summed E-state index contributed by atoms with van der Waals surface area (Å²) in [6.07, 6.45) is 1.94. The van der Waals surface area contributed by atoms with Crippen molar-refractivity contribution in [3.8, 4) is 0 Å². The summed E-state index contributed by atoms with van der Waals surface area (Å²) in [6, 6.07) is 5.37. The predicted octanol–water partition coefficient (Wildman–Crippen LogP) is 2.83. The van der Waals surface area contributed by atoms with Crippen molar-refractivity contribution in [2.75, 3.05) is 11.9 Å². The number of carbonyl (C=O) groups is 1. The Labute approximate surface area is 160 Å². The highest BCUT2D eigenvalue weighted by molar-refractivity contribution is 8.00. The standard InChI is InChI=1S/C17H21ClN4O3S/c1-10-13(18)6-3-7-14(10)19-15(23)11(2)26-17-21-20-16(24)22(17)9-12-5-4-8-25-12/h3,6-7,11-12H,4-5,8-9H2,1-2H3,(H,19,23)(H,20,24)/t11-,12+/m0/s1. The van der Waals surface area contributed by atoms with Crippen LogP contribution in [0, 0.1) is 6.92 Å². The number of aromatic nitrogens is 3. The van der Waals surface area contributed by atoms with Gasteiger partial charge in [0.1, 0.15) is 0 Å². The van der Waals surface area contributed by atoms with Crippen LogP contribution in [0.1, 0.15) is 25.3 Å². The number of ether oxygens (including phenoxy) is 1. The maximum Gasteiger partial charge on any atom is 0.344 e. The van der Waals surface area contributed by atoms with Gasteiger partial charge in [-0.2, -0.15) is 0 Å². The third-order valence-electron chi connectivity index (χ3n) is 4.31. The number of hydrogen-bond acceptors (Lipinski definition) is 5. The number of benzene rings is 1. The van der Waals surface area contributed by atoms with Gasteiger partial charge >= 0.3 is 5.69 Å².